The van der Waals surface area contributed by atoms with Gasteiger partial charge < -0.3 is 29.8 Å². The number of benzene rings is 2. The van der Waals surface area contributed by atoms with E-state index in [1.54, 1.807) is 85.9 Å². The second-order valence-electron chi connectivity index (χ2n) is 17.0. The molecule has 0 radical (unpaired) electrons. The molecule has 0 unspecified atom stereocenters. The molecule has 14 nitrogen and oxygen atoms in total. The molecule has 0 spiro atoms. The van der Waals surface area contributed by atoms with Gasteiger partial charge in [-0.05, 0) is 64.7 Å². The minimum absolute atomic E-state index is 0.00298. The van der Waals surface area contributed by atoms with Crippen LogP contribution in [0.2, 0.25) is 0 Å². The standard InChI is InChI=1S/C44H59N3O11S/c1-28(2)34(42(53)46-32(19-20-59(9,54)55)24-40(51)58-44(6,7)8)25-37(48)36(21-31-26-45-35-18-14-13-17-33(31)35)47-41(52)30(23-39(50)57-43(3,4)5)22-38(49)56-27-29-15-11-10-12-16-29/h10-20,26,28,30,32,34,36,45H,21-25,27H2,1-9H3,(H,46,53)(H,47,52)/b20-19+/t30-,32+,34-,36-/m0/s1. The first-order valence-corrected chi connectivity index (χ1v) is 21.5. The lowest BCUT2D eigenvalue weighted by Crippen LogP contribution is -2.48. The average molecular weight is 838 g/mol. The van der Waals surface area contributed by atoms with Crippen molar-refractivity contribution >= 4 is 56.2 Å². The molecule has 322 valence electrons. The number of rotatable bonds is 20. The maximum absolute atomic E-state index is 14.4. The number of amides is 2. The molecule has 0 saturated heterocycles. The number of esters is 3. The van der Waals surface area contributed by atoms with E-state index in [9.17, 15) is 37.2 Å². The van der Waals surface area contributed by atoms with E-state index in [2.05, 4.69) is 15.6 Å². The average Bonchev–Trinajstić information content (AvgIpc) is 3.52. The number of fused-ring (bicyclic) bond motifs is 1. The van der Waals surface area contributed by atoms with E-state index in [1.165, 1.54) is 6.08 Å². The number of nitrogens with one attached hydrogen (secondary N) is 3. The van der Waals surface area contributed by atoms with E-state index in [0.29, 0.717) is 5.56 Å². The van der Waals surface area contributed by atoms with Crippen molar-refractivity contribution in [1.29, 1.82) is 0 Å². The van der Waals surface area contributed by atoms with Crippen LogP contribution in [-0.4, -0.2) is 78.4 Å². The molecular weight excluding hydrogens is 779 g/mol. The van der Waals surface area contributed by atoms with Gasteiger partial charge in [-0.25, -0.2) is 8.42 Å². The lowest BCUT2D eigenvalue weighted by atomic mass is 9.86. The van der Waals surface area contributed by atoms with E-state index >= 15 is 0 Å². The summed E-state index contributed by atoms with van der Waals surface area (Å²) in [4.78, 5) is 84.5. The summed E-state index contributed by atoms with van der Waals surface area (Å²) in [7, 11) is -3.63. The van der Waals surface area contributed by atoms with Gasteiger partial charge >= 0.3 is 17.9 Å². The Bertz CT molecular complexity index is 2080. The molecule has 0 saturated carbocycles. The number of aromatic nitrogens is 1. The zero-order valence-corrected chi connectivity index (χ0v) is 36.3. The number of hydrogen-bond acceptors (Lipinski definition) is 11. The topological polar surface area (TPSA) is 204 Å². The van der Waals surface area contributed by atoms with Crippen LogP contribution in [0.4, 0.5) is 0 Å². The summed E-state index contributed by atoms with van der Waals surface area (Å²) < 4.78 is 40.3. The first kappa shape index (κ1) is 48.1. The summed E-state index contributed by atoms with van der Waals surface area (Å²) in [5, 5.41) is 7.18. The van der Waals surface area contributed by atoms with Crippen LogP contribution in [0.5, 0.6) is 0 Å². The SMILES string of the molecule is CC(C)[C@H](CC(=O)[C@H](Cc1c[nH]c2ccccc12)NC(=O)[C@@H](CC(=O)OCc1ccccc1)CC(=O)OC(C)(C)C)C(=O)N[C@H](/C=C/S(C)(=O)=O)CC(=O)OC(C)(C)C. The predicted octanol–water partition coefficient (Wildman–Crippen LogP) is 5.68. The van der Waals surface area contributed by atoms with Crippen LogP contribution in [0.15, 0.2) is 72.3 Å². The molecule has 15 heteroatoms. The quantitative estimate of drug-likeness (QED) is 0.0933. The molecule has 3 N–H and O–H groups in total. The van der Waals surface area contributed by atoms with Crippen LogP contribution in [0, 0.1) is 17.8 Å². The number of Topliss-reactive ketones (excluding diaryl/α,β-unsaturated/α-hetero) is 1. The number of hydrogen-bond donors (Lipinski definition) is 3. The number of ketones is 1. The summed E-state index contributed by atoms with van der Waals surface area (Å²) in [6.45, 7) is 13.5. The van der Waals surface area contributed by atoms with Crippen LogP contribution >= 0.6 is 0 Å². The van der Waals surface area contributed by atoms with Gasteiger partial charge in [-0.3, -0.25) is 28.8 Å². The number of para-hydroxylation sites is 1. The van der Waals surface area contributed by atoms with Gasteiger partial charge in [-0.1, -0.05) is 68.5 Å². The van der Waals surface area contributed by atoms with Crippen molar-refractivity contribution in [3.05, 3.63) is 83.4 Å². The summed E-state index contributed by atoms with van der Waals surface area (Å²) in [6, 6.07) is 14.0. The minimum atomic E-state index is -3.63. The fraction of sp³-hybridized carbons (Fsp3) is 0.500. The second kappa shape index (κ2) is 21.1. The van der Waals surface area contributed by atoms with Crippen LogP contribution in [-0.2, 0) is 65.8 Å². The molecule has 59 heavy (non-hydrogen) atoms. The van der Waals surface area contributed by atoms with Crippen molar-refractivity contribution in [2.24, 2.45) is 17.8 Å². The zero-order chi connectivity index (χ0) is 44.1. The molecule has 0 fully saturated rings. The van der Waals surface area contributed by atoms with Crippen LogP contribution < -0.4 is 10.6 Å². The Hall–Kier alpha value is -5.31. The lowest BCUT2D eigenvalue weighted by Gasteiger charge is -2.27. The molecular formula is C44H59N3O11S. The Morgan fingerprint density at radius 1 is 0.746 bits per heavy atom. The summed E-state index contributed by atoms with van der Waals surface area (Å²) in [5.41, 5.74) is 0.501. The van der Waals surface area contributed by atoms with Crippen molar-refractivity contribution in [2.75, 3.05) is 6.26 Å². The second-order valence-corrected chi connectivity index (χ2v) is 19.0. The Morgan fingerprint density at radius 2 is 1.32 bits per heavy atom. The van der Waals surface area contributed by atoms with E-state index < -0.39 is 99.2 Å². The molecule has 0 bridgehead atoms. The molecule has 0 aliphatic carbocycles. The van der Waals surface area contributed by atoms with Gasteiger partial charge in [-0.2, -0.15) is 0 Å². The van der Waals surface area contributed by atoms with Crippen molar-refractivity contribution in [2.45, 2.75) is 117 Å². The first-order valence-electron chi connectivity index (χ1n) is 19.6. The lowest BCUT2D eigenvalue weighted by molar-refractivity contribution is -0.159. The van der Waals surface area contributed by atoms with Gasteiger partial charge in [0.05, 0.1) is 37.3 Å². The fourth-order valence-electron chi connectivity index (χ4n) is 6.14. The van der Waals surface area contributed by atoms with Gasteiger partial charge in [-0.15, -0.1) is 0 Å². The molecule has 1 aromatic heterocycles. The highest BCUT2D eigenvalue weighted by molar-refractivity contribution is 7.93. The molecule has 0 aliphatic rings. The summed E-state index contributed by atoms with van der Waals surface area (Å²) in [6.07, 6.45) is 2.18. The minimum Gasteiger partial charge on any atom is -0.461 e. The Balaban J connectivity index is 1.93. The third-order valence-electron chi connectivity index (χ3n) is 8.92. The molecule has 3 aromatic rings. The van der Waals surface area contributed by atoms with E-state index in [-0.39, 0.29) is 25.9 Å². The smallest absolute Gasteiger partial charge is 0.308 e. The number of carbonyl (C=O) groups excluding carboxylic acids is 6. The maximum atomic E-state index is 14.4. The number of H-pyrrole nitrogens is 1. The number of carbonyl (C=O) groups is 6. The normalized spacial score (nSPS) is 14.3. The molecule has 2 aromatic carbocycles. The largest absolute Gasteiger partial charge is 0.461 e. The van der Waals surface area contributed by atoms with Gasteiger partial charge in [0.25, 0.3) is 0 Å². The third kappa shape index (κ3) is 17.6. The number of ether oxygens (including phenoxy) is 3. The van der Waals surface area contributed by atoms with E-state index in [0.717, 1.165) is 28.1 Å². The summed E-state index contributed by atoms with van der Waals surface area (Å²) in [5.74, 6) is -6.73. The van der Waals surface area contributed by atoms with Gasteiger partial charge in [0.2, 0.25) is 11.8 Å². The van der Waals surface area contributed by atoms with Crippen LogP contribution in [0.1, 0.15) is 92.2 Å². The maximum Gasteiger partial charge on any atom is 0.308 e. The molecule has 4 atom stereocenters. The predicted molar refractivity (Wildman–Crippen MR) is 223 cm³/mol. The Morgan fingerprint density at radius 3 is 1.92 bits per heavy atom. The van der Waals surface area contributed by atoms with Crippen molar-refractivity contribution in [3.8, 4) is 0 Å². The number of sulfone groups is 1. The highest BCUT2D eigenvalue weighted by Crippen LogP contribution is 2.24. The molecule has 2 amide bonds. The zero-order valence-electron chi connectivity index (χ0n) is 35.5. The number of aromatic amines is 1. The van der Waals surface area contributed by atoms with Gasteiger partial charge in [0, 0.05) is 47.5 Å². The van der Waals surface area contributed by atoms with E-state index in [4.69, 9.17) is 14.2 Å². The van der Waals surface area contributed by atoms with Crippen LogP contribution in [0.3, 0.4) is 0 Å². The first-order chi connectivity index (χ1) is 27.4. The van der Waals surface area contributed by atoms with Crippen molar-refractivity contribution in [1.82, 2.24) is 15.6 Å². The van der Waals surface area contributed by atoms with Gasteiger partial charge in [0.15, 0.2) is 15.6 Å². The molecule has 1 heterocycles. The van der Waals surface area contributed by atoms with E-state index in [1.807, 2.05) is 30.3 Å². The highest BCUT2D eigenvalue weighted by Gasteiger charge is 2.35. The van der Waals surface area contributed by atoms with Crippen molar-refractivity contribution in [3.63, 3.8) is 0 Å². The third-order valence-corrected chi connectivity index (χ3v) is 9.57. The van der Waals surface area contributed by atoms with Gasteiger partial charge in [0.1, 0.15) is 17.8 Å². The summed E-state index contributed by atoms with van der Waals surface area (Å²) >= 11 is 0. The van der Waals surface area contributed by atoms with Crippen molar-refractivity contribution < 1.29 is 51.4 Å². The monoisotopic (exact) mass is 837 g/mol. The molecule has 3 rings (SSSR count). The van der Waals surface area contributed by atoms with Crippen LogP contribution in [0.25, 0.3) is 10.9 Å². The Labute approximate surface area is 347 Å². The highest BCUT2D eigenvalue weighted by atomic mass is 32.2. The fourth-order valence-corrected chi connectivity index (χ4v) is 6.62. The molecule has 0 aliphatic heterocycles. The Kier molecular flexibility index (Phi) is 17.2.